The summed E-state index contributed by atoms with van der Waals surface area (Å²) in [6.45, 7) is 17.4. The maximum Gasteiger partial charge on any atom is 0.119 e. The third-order valence-corrected chi connectivity index (χ3v) is 25.7. The van der Waals surface area contributed by atoms with Gasteiger partial charge in [0.1, 0.15) is 80.5 Å². The minimum absolute atomic E-state index is 0.00160. The van der Waals surface area contributed by atoms with Crippen LogP contribution >= 0.6 is 0 Å². The van der Waals surface area contributed by atoms with Crippen LogP contribution < -0.4 is 0 Å². The van der Waals surface area contributed by atoms with Gasteiger partial charge in [-0.25, -0.2) is 0 Å². The predicted molar refractivity (Wildman–Crippen MR) is 366 cm³/mol. The van der Waals surface area contributed by atoms with Gasteiger partial charge in [-0.15, -0.1) is 0 Å². The van der Waals surface area contributed by atoms with Crippen molar-refractivity contribution in [2.75, 3.05) is 0 Å². The van der Waals surface area contributed by atoms with Crippen LogP contribution in [0.5, 0.6) is 80.5 Å². The lowest BCUT2D eigenvalue weighted by atomic mass is 9.28. The zero-order valence-electron chi connectivity index (χ0n) is 56.6. The summed E-state index contributed by atoms with van der Waals surface area (Å²) in [4.78, 5) is 0. The molecule has 15 rings (SSSR count). The van der Waals surface area contributed by atoms with Gasteiger partial charge in [0.15, 0.2) is 0 Å². The van der Waals surface area contributed by atoms with E-state index in [4.69, 9.17) is 0 Å². The van der Waals surface area contributed by atoms with Crippen LogP contribution in [0.15, 0.2) is 91.0 Å². The molecular formula is C81H96O14. The molecule has 8 aliphatic rings. The summed E-state index contributed by atoms with van der Waals surface area (Å²) in [5.74, 6) is -0.811. The Hall–Kier alpha value is -8.26. The van der Waals surface area contributed by atoms with E-state index >= 15 is 0 Å². The largest absolute Gasteiger partial charge is 0.508 e. The van der Waals surface area contributed by atoms with Gasteiger partial charge in [0, 0.05) is 93.4 Å². The SMILES string of the molecule is CCCC(C)(CCC)c1cc(O)c(C23CC4(c5cc(O)c(C)cc5O)CC(c5cc(O)c(C)cc5O)(C2)CC(C(CCC)(CCC)c2cc(O)c(C56CC7(c8cc(O)ccc8O)CC(c8cc(O)c(C)cc8O)(CC(c8cc(O)c(C)cc8O)(C7)C5)C6)cc2O)(C4)C3)cc1O. The Morgan fingerprint density at radius 1 is 0.274 bits per heavy atom. The molecule has 14 heteroatoms. The minimum atomic E-state index is -1.18. The first-order valence-electron chi connectivity index (χ1n) is 34.5. The first kappa shape index (κ1) is 65.4. The standard InChI is InChI=1S/C81H96O14/c1-10-16-72(9,17-11-2)50-25-69(93)57(30-68(50)92)79-40-77(54-28-62(86)47(7)22-66(54)90)39-78(41-79,55-29-63(87)48(8)23-67(55)91)43-80(42-77,44-79)81(18-12-3,19-13-4)58-32-70(94)56(31-71(58)95)76-35-73(51-24-49(82)14-15-59(51)83)33-74(37-76,52-26-60(84)45(5)20-64(52)88)36-75(34-73,38-76)53-27-61(85)46(6)21-65(53)89/h14-15,20-32,82-95H,10-13,16-19,33-44H2,1-9H3. The summed E-state index contributed by atoms with van der Waals surface area (Å²) in [6, 6.07) is 24.0. The minimum Gasteiger partial charge on any atom is -0.508 e. The molecule has 0 saturated heterocycles. The summed E-state index contributed by atoms with van der Waals surface area (Å²) in [6.07, 6.45) is 9.05. The molecular weight excluding hydrogens is 1200 g/mol. The lowest BCUT2D eigenvalue weighted by Gasteiger charge is -2.75. The average molecular weight is 1290 g/mol. The molecule has 4 atom stereocenters. The molecule has 14 N–H and O–H groups in total. The van der Waals surface area contributed by atoms with Gasteiger partial charge in [-0.2, -0.15) is 0 Å². The molecule has 8 saturated carbocycles. The van der Waals surface area contributed by atoms with Crippen molar-refractivity contribution in [2.45, 2.75) is 239 Å². The molecule has 8 fully saturated rings. The number of hydrogen-bond acceptors (Lipinski definition) is 14. The summed E-state index contributed by atoms with van der Waals surface area (Å²) in [5.41, 5.74) is -4.26. The van der Waals surface area contributed by atoms with Crippen LogP contribution in [0.3, 0.4) is 0 Å². The zero-order chi connectivity index (χ0) is 68.3. The molecule has 0 aromatic heterocycles. The fourth-order valence-electron chi connectivity index (χ4n) is 23.6. The Morgan fingerprint density at radius 2 is 0.526 bits per heavy atom. The van der Waals surface area contributed by atoms with E-state index in [1.54, 1.807) is 94.4 Å². The highest BCUT2D eigenvalue weighted by molar-refractivity contribution is 5.65. The van der Waals surface area contributed by atoms with Crippen LogP contribution in [0.2, 0.25) is 0 Å². The van der Waals surface area contributed by atoms with Gasteiger partial charge in [-0.1, -0.05) is 60.3 Å². The van der Waals surface area contributed by atoms with E-state index in [1.165, 1.54) is 24.3 Å². The summed E-state index contributed by atoms with van der Waals surface area (Å²) in [5, 5.41) is 174. The van der Waals surface area contributed by atoms with Crippen molar-refractivity contribution < 1.29 is 71.5 Å². The smallest absolute Gasteiger partial charge is 0.119 e. The summed E-state index contributed by atoms with van der Waals surface area (Å²) >= 11 is 0. The molecule has 0 aliphatic heterocycles. The second-order valence-corrected chi connectivity index (χ2v) is 32.1. The van der Waals surface area contributed by atoms with Crippen LogP contribution in [0, 0.1) is 33.1 Å². The Kier molecular flexibility index (Phi) is 15.1. The van der Waals surface area contributed by atoms with Gasteiger partial charge in [0.2, 0.25) is 0 Å². The van der Waals surface area contributed by atoms with Crippen molar-refractivity contribution in [1.82, 2.24) is 0 Å². The molecule has 7 aromatic rings. The van der Waals surface area contributed by atoms with Crippen LogP contribution in [-0.2, 0) is 48.7 Å². The Morgan fingerprint density at radius 3 is 0.832 bits per heavy atom. The van der Waals surface area contributed by atoms with E-state index in [0.717, 1.165) is 25.7 Å². The lowest BCUT2D eigenvalue weighted by molar-refractivity contribution is -0.151. The molecule has 504 valence electrons. The number of aromatic hydroxyl groups is 14. The average Bonchev–Trinajstić information content (AvgIpc) is 0.661. The molecule has 4 unspecified atom stereocenters. The molecule has 7 aromatic carbocycles. The van der Waals surface area contributed by atoms with Crippen LogP contribution in [0.1, 0.15) is 235 Å². The van der Waals surface area contributed by atoms with Gasteiger partial charge in [-0.3, -0.25) is 0 Å². The molecule has 0 radical (unpaired) electrons. The number of hydrogen-bond donors (Lipinski definition) is 14. The second kappa shape index (κ2) is 21.9. The number of phenols is 14. The van der Waals surface area contributed by atoms with E-state index in [-0.39, 0.29) is 99.8 Å². The second-order valence-electron chi connectivity index (χ2n) is 32.1. The predicted octanol–water partition coefficient (Wildman–Crippen LogP) is 17.1. The highest BCUT2D eigenvalue weighted by atomic mass is 16.3. The van der Waals surface area contributed by atoms with Gasteiger partial charge in [0.25, 0.3) is 0 Å². The molecule has 14 nitrogen and oxygen atoms in total. The number of aryl methyl sites for hydroxylation is 4. The van der Waals surface area contributed by atoms with Crippen molar-refractivity contribution in [3.05, 3.63) is 163 Å². The third-order valence-electron chi connectivity index (χ3n) is 25.7. The van der Waals surface area contributed by atoms with Crippen LogP contribution in [0.25, 0.3) is 0 Å². The van der Waals surface area contributed by atoms with Crippen LogP contribution in [-0.4, -0.2) is 71.5 Å². The highest BCUT2D eigenvalue weighted by Crippen LogP contribution is 2.82. The van der Waals surface area contributed by atoms with Crippen molar-refractivity contribution in [2.24, 2.45) is 5.41 Å². The molecule has 0 amide bonds. The molecule has 95 heavy (non-hydrogen) atoms. The first-order chi connectivity index (χ1) is 44.7. The van der Waals surface area contributed by atoms with Crippen molar-refractivity contribution in [3.8, 4) is 80.5 Å². The van der Waals surface area contributed by atoms with E-state index in [9.17, 15) is 71.5 Å². The van der Waals surface area contributed by atoms with Gasteiger partial charge in [0.05, 0.1) is 0 Å². The molecule has 8 aliphatic carbocycles. The fraction of sp³-hybridized carbons (Fsp3) is 0.481. The summed E-state index contributed by atoms with van der Waals surface area (Å²) < 4.78 is 0. The molecule has 0 spiro atoms. The van der Waals surface area contributed by atoms with Gasteiger partial charge in [-0.05, 0) is 255 Å². The Bertz CT molecular complexity index is 4130. The Balaban J connectivity index is 1.09. The van der Waals surface area contributed by atoms with Gasteiger partial charge < -0.3 is 71.5 Å². The first-order valence-corrected chi connectivity index (χ1v) is 34.5. The van der Waals surface area contributed by atoms with E-state index in [1.807, 2.05) is 0 Å². The van der Waals surface area contributed by atoms with Crippen molar-refractivity contribution >= 4 is 0 Å². The molecule has 8 bridgehead atoms. The monoisotopic (exact) mass is 1290 g/mol. The zero-order valence-corrected chi connectivity index (χ0v) is 56.6. The normalized spacial score (nSPS) is 28.2. The topological polar surface area (TPSA) is 283 Å². The highest BCUT2D eigenvalue weighted by Gasteiger charge is 2.76. The third kappa shape index (κ3) is 9.49. The van der Waals surface area contributed by atoms with E-state index in [0.29, 0.717) is 156 Å². The lowest BCUT2D eigenvalue weighted by Crippen LogP contribution is -2.70. The number of benzene rings is 7. The van der Waals surface area contributed by atoms with Crippen molar-refractivity contribution in [1.29, 1.82) is 0 Å². The van der Waals surface area contributed by atoms with Crippen molar-refractivity contribution in [3.63, 3.8) is 0 Å². The Labute approximate surface area is 557 Å². The van der Waals surface area contributed by atoms with E-state index < -0.39 is 54.1 Å². The van der Waals surface area contributed by atoms with E-state index in [2.05, 4.69) is 34.6 Å². The maximum absolute atomic E-state index is 13.9. The molecule has 0 heterocycles. The summed E-state index contributed by atoms with van der Waals surface area (Å²) in [7, 11) is 0. The quantitative estimate of drug-likeness (QED) is 0.0356. The number of rotatable bonds is 18. The fourth-order valence-corrected chi connectivity index (χ4v) is 23.6. The number of phenolic OH excluding ortho intramolecular Hbond substituents is 14. The van der Waals surface area contributed by atoms with Crippen LogP contribution in [0.4, 0.5) is 0 Å². The maximum atomic E-state index is 13.9. The van der Waals surface area contributed by atoms with Gasteiger partial charge >= 0.3 is 0 Å².